The van der Waals surface area contributed by atoms with Crippen LogP contribution in [0.4, 0.5) is 0 Å². The van der Waals surface area contributed by atoms with Crippen molar-refractivity contribution >= 4 is 10.0 Å². The van der Waals surface area contributed by atoms with Crippen molar-refractivity contribution < 1.29 is 8.42 Å². The van der Waals surface area contributed by atoms with Crippen molar-refractivity contribution in [1.82, 2.24) is 4.31 Å². The topological polar surface area (TPSA) is 37.4 Å². The second kappa shape index (κ2) is 16.9. The molecule has 0 atom stereocenters. The van der Waals surface area contributed by atoms with Gasteiger partial charge in [0.2, 0.25) is 10.0 Å². The van der Waals surface area contributed by atoms with Gasteiger partial charge in [0.25, 0.3) is 0 Å². The van der Waals surface area contributed by atoms with Gasteiger partial charge in [-0.2, -0.15) is 0 Å². The minimum Gasteiger partial charge on any atom is -0.207 e. The molecule has 3 nitrogen and oxygen atoms in total. The third-order valence-corrected chi connectivity index (χ3v) is 7.51. The first-order chi connectivity index (χ1) is 14.1. The minimum atomic E-state index is -3.38. The summed E-state index contributed by atoms with van der Waals surface area (Å²) in [6, 6.07) is 9.60. The summed E-state index contributed by atoms with van der Waals surface area (Å²) in [5.41, 5.74) is 0. The van der Waals surface area contributed by atoms with Crippen molar-refractivity contribution in [2.75, 3.05) is 13.6 Å². The highest BCUT2D eigenvalue weighted by molar-refractivity contribution is 7.89. The van der Waals surface area contributed by atoms with E-state index in [1.54, 1.807) is 31.3 Å². The zero-order chi connectivity index (χ0) is 21.2. The van der Waals surface area contributed by atoms with Gasteiger partial charge in [-0.05, 0) is 12.5 Å². The Bertz CT molecular complexity index is 586. The molecule has 0 saturated heterocycles. The zero-order valence-corrected chi connectivity index (χ0v) is 19.8. The first-order valence-corrected chi connectivity index (χ1v) is 13.5. The molecule has 1 rings (SSSR count). The standard InChI is InChI=1S/C25H44NO2S/c1-3-4-5-6-7-8-9-10-11-12-13-14-15-16-17-21-24-26(2)29(27,28)25-22-19-18-20-23-25/h18-20,22H,3-17,21,24H2,1-2H3. The molecule has 0 amide bonds. The van der Waals surface area contributed by atoms with E-state index >= 15 is 0 Å². The number of hydrogen-bond donors (Lipinski definition) is 0. The summed E-state index contributed by atoms with van der Waals surface area (Å²) < 4.78 is 26.3. The maximum atomic E-state index is 12.4. The van der Waals surface area contributed by atoms with Gasteiger partial charge in [-0.3, -0.25) is 0 Å². The summed E-state index contributed by atoms with van der Waals surface area (Å²) in [4.78, 5) is 0.263. The normalized spacial score (nSPS) is 12.0. The highest BCUT2D eigenvalue weighted by Gasteiger charge is 2.19. The fraction of sp³-hybridized carbons (Fsp3) is 0.760. The van der Waals surface area contributed by atoms with E-state index in [1.807, 2.05) is 0 Å². The predicted molar refractivity (Wildman–Crippen MR) is 125 cm³/mol. The van der Waals surface area contributed by atoms with Crippen LogP contribution in [-0.2, 0) is 10.0 Å². The summed E-state index contributed by atoms with van der Waals surface area (Å²) in [6.45, 7) is 2.86. The van der Waals surface area contributed by atoms with E-state index in [9.17, 15) is 8.42 Å². The lowest BCUT2D eigenvalue weighted by atomic mass is 10.0. The van der Waals surface area contributed by atoms with E-state index in [-0.39, 0.29) is 4.90 Å². The lowest BCUT2D eigenvalue weighted by Crippen LogP contribution is -2.28. The van der Waals surface area contributed by atoms with Gasteiger partial charge in [0.15, 0.2) is 0 Å². The number of nitrogens with zero attached hydrogens (tertiary/aromatic N) is 1. The summed E-state index contributed by atoms with van der Waals surface area (Å²) in [5, 5.41) is 0. The van der Waals surface area contributed by atoms with Crippen LogP contribution >= 0.6 is 0 Å². The molecule has 29 heavy (non-hydrogen) atoms. The summed E-state index contributed by atoms with van der Waals surface area (Å²) in [5.74, 6) is 0. The number of benzene rings is 1. The molecule has 0 spiro atoms. The van der Waals surface area contributed by atoms with Crippen molar-refractivity contribution in [2.24, 2.45) is 0 Å². The molecule has 1 radical (unpaired) electrons. The summed E-state index contributed by atoms with van der Waals surface area (Å²) >= 11 is 0. The van der Waals surface area contributed by atoms with Crippen LogP contribution < -0.4 is 0 Å². The maximum Gasteiger partial charge on any atom is 0.243 e. The molecule has 0 heterocycles. The molecule has 0 unspecified atom stereocenters. The second-order valence-electron chi connectivity index (χ2n) is 8.36. The van der Waals surface area contributed by atoms with Crippen LogP contribution in [0.5, 0.6) is 0 Å². The van der Waals surface area contributed by atoms with Crippen molar-refractivity contribution in [3.63, 3.8) is 0 Å². The summed E-state index contributed by atoms with van der Waals surface area (Å²) in [6.07, 6.45) is 21.3. The van der Waals surface area contributed by atoms with Gasteiger partial charge in [-0.1, -0.05) is 121 Å². The van der Waals surface area contributed by atoms with Gasteiger partial charge < -0.3 is 0 Å². The van der Waals surface area contributed by atoms with Crippen molar-refractivity contribution in [3.05, 3.63) is 30.3 Å². The number of hydrogen-bond acceptors (Lipinski definition) is 2. The Hall–Kier alpha value is -0.870. The lowest BCUT2D eigenvalue weighted by molar-refractivity contribution is 0.447. The van der Waals surface area contributed by atoms with E-state index in [4.69, 9.17) is 0 Å². The molecule has 0 aliphatic carbocycles. The minimum absolute atomic E-state index is 0.263. The van der Waals surface area contributed by atoms with E-state index in [2.05, 4.69) is 13.0 Å². The van der Waals surface area contributed by atoms with E-state index in [0.717, 1.165) is 12.8 Å². The maximum absolute atomic E-state index is 12.4. The molecule has 167 valence electrons. The molecule has 0 saturated carbocycles. The summed E-state index contributed by atoms with van der Waals surface area (Å²) in [7, 11) is -1.71. The van der Waals surface area contributed by atoms with Crippen LogP contribution in [0.2, 0.25) is 0 Å². The number of rotatable bonds is 19. The van der Waals surface area contributed by atoms with E-state index < -0.39 is 10.0 Å². The molecule has 4 heteroatoms. The van der Waals surface area contributed by atoms with Gasteiger partial charge in [0, 0.05) is 19.7 Å². The Labute approximate surface area is 181 Å². The SMILES string of the molecule is CCCCCCCCCCCCCCCCCCN(C)S(=O)(=O)c1[c]cccc1. The molecule has 1 aromatic rings. The predicted octanol–water partition coefficient (Wildman–Crippen LogP) is 7.37. The van der Waals surface area contributed by atoms with Crippen molar-refractivity contribution in [3.8, 4) is 0 Å². The van der Waals surface area contributed by atoms with Crippen molar-refractivity contribution in [2.45, 2.75) is 115 Å². The number of sulfonamides is 1. The number of unbranched alkanes of at least 4 members (excludes halogenated alkanes) is 15. The Balaban J connectivity index is 1.90. The van der Waals surface area contributed by atoms with Gasteiger partial charge >= 0.3 is 0 Å². The first-order valence-electron chi connectivity index (χ1n) is 12.0. The molecular weight excluding hydrogens is 378 g/mol. The molecular formula is C25H44NO2S. The largest absolute Gasteiger partial charge is 0.243 e. The third-order valence-electron chi connectivity index (χ3n) is 5.70. The van der Waals surface area contributed by atoms with Gasteiger partial charge in [0.1, 0.15) is 0 Å². The van der Waals surface area contributed by atoms with Gasteiger partial charge in [-0.15, -0.1) is 0 Å². The fourth-order valence-corrected chi connectivity index (χ4v) is 4.88. The smallest absolute Gasteiger partial charge is 0.207 e. The highest BCUT2D eigenvalue weighted by Crippen LogP contribution is 2.16. The zero-order valence-electron chi connectivity index (χ0n) is 19.0. The quantitative estimate of drug-likeness (QED) is 0.218. The molecule has 0 fully saturated rings. The van der Waals surface area contributed by atoms with Crippen LogP contribution in [0.1, 0.15) is 110 Å². The third kappa shape index (κ3) is 12.4. The molecule has 0 aliphatic rings. The Kier molecular flexibility index (Phi) is 15.2. The van der Waals surface area contributed by atoms with Crippen LogP contribution in [0, 0.1) is 6.07 Å². The Morgan fingerprint density at radius 2 is 1.17 bits per heavy atom. The van der Waals surface area contributed by atoms with Crippen LogP contribution in [0.15, 0.2) is 29.2 Å². The van der Waals surface area contributed by atoms with Crippen LogP contribution in [-0.4, -0.2) is 26.3 Å². The molecule has 0 aromatic heterocycles. The van der Waals surface area contributed by atoms with Crippen LogP contribution in [0.25, 0.3) is 0 Å². The molecule has 1 aromatic carbocycles. The first kappa shape index (κ1) is 26.2. The Morgan fingerprint density at radius 3 is 1.59 bits per heavy atom. The van der Waals surface area contributed by atoms with Crippen LogP contribution in [0.3, 0.4) is 0 Å². The highest BCUT2D eigenvalue weighted by atomic mass is 32.2. The average molecular weight is 423 g/mol. The molecule has 0 N–H and O–H groups in total. The average Bonchev–Trinajstić information content (AvgIpc) is 2.73. The van der Waals surface area contributed by atoms with Crippen molar-refractivity contribution in [1.29, 1.82) is 0 Å². The monoisotopic (exact) mass is 422 g/mol. The Morgan fingerprint density at radius 1 is 0.724 bits per heavy atom. The molecule has 0 bridgehead atoms. The lowest BCUT2D eigenvalue weighted by Gasteiger charge is -2.16. The molecule has 0 aliphatic heterocycles. The second-order valence-corrected chi connectivity index (χ2v) is 10.4. The van der Waals surface area contributed by atoms with Gasteiger partial charge in [-0.25, -0.2) is 12.7 Å². The van der Waals surface area contributed by atoms with E-state index in [1.165, 1.54) is 94.2 Å². The van der Waals surface area contributed by atoms with E-state index in [0.29, 0.717) is 6.54 Å². The van der Waals surface area contributed by atoms with Gasteiger partial charge in [0.05, 0.1) is 4.90 Å². The fourth-order valence-electron chi connectivity index (χ4n) is 3.71.